The number of hydrogen-bond acceptors (Lipinski definition) is 6. The first kappa shape index (κ1) is 16.5. The standard InChI is InChI=1S/C15H15N3O4S2/c1-3-22-15(19)12-9-16-18-7-6-11(8-13(12)18)17-24(20,21)14-5-4-10(2)23-14/h4-9,17H,3H2,1-2H3. The van der Waals surface area contributed by atoms with E-state index < -0.39 is 16.0 Å². The van der Waals surface area contributed by atoms with Crippen molar-refractivity contribution in [3.63, 3.8) is 0 Å². The van der Waals surface area contributed by atoms with E-state index in [1.807, 2.05) is 6.92 Å². The van der Waals surface area contributed by atoms with E-state index in [2.05, 4.69) is 9.82 Å². The number of nitrogens with one attached hydrogen (secondary N) is 1. The minimum atomic E-state index is -3.66. The van der Waals surface area contributed by atoms with Crippen molar-refractivity contribution in [1.82, 2.24) is 9.61 Å². The molecule has 3 aromatic rings. The predicted octanol–water partition coefficient (Wildman–Crippen LogP) is 2.68. The highest BCUT2D eigenvalue weighted by molar-refractivity contribution is 7.94. The summed E-state index contributed by atoms with van der Waals surface area (Å²) in [4.78, 5) is 12.8. The monoisotopic (exact) mass is 365 g/mol. The molecular weight excluding hydrogens is 350 g/mol. The fraction of sp³-hybridized carbons (Fsp3) is 0.200. The lowest BCUT2D eigenvalue weighted by Gasteiger charge is -2.07. The number of nitrogens with zero attached hydrogens (tertiary/aromatic N) is 2. The lowest BCUT2D eigenvalue weighted by molar-refractivity contribution is 0.0528. The van der Waals surface area contributed by atoms with Crippen LogP contribution < -0.4 is 4.72 Å². The quantitative estimate of drug-likeness (QED) is 0.702. The first-order valence-electron chi connectivity index (χ1n) is 7.14. The first-order valence-corrected chi connectivity index (χ1v) is 9.44. The van der Waals surface area contributed by atoms with Crippen molar-refractivity contribution >= 4 is 38.5 Å². The number of aryl methyl sites for hydroxylation is 1. The van der Waals surface area contributed by atoms with Gasteiger partial charge in [-0.15, -0.1) is 11.3 Å². The molecule has 126 valence electrons. The zero-order valence-electron chi connectivity index (χ0n) is 13.0. The topological polar surface area (TPSA) is 89.8 Å². The molecule has 0 saturated carbocycles. The van der Waals surface area contributed by atoms with Crippen LogP contribution >= 0.6 is 11.3 Å². The van der Waals surface area contributed by atoms with E-state index in [0.29, 0.717) is 11.2 Å². The smallest absolute Gasteiger partial charge is 0.341 e. The molecule has 0 fully saturated rings. The van der Waals surface area contributed by atoms with E-state index in [9.17, 15) is 13.2 Å². The highest BCUT2D eigenvalue weighted by atomic mass is 32.2. The number of ether oxygens (including phenoxy) is 1. The molecule has 24 heavy (non-hydrogen) atoms. The predicted molar refractivity (Wildman–Crippen MR) is 91.0 cm³/mol. The molecule has 9 heteroatoms. The van der Waals surface area contributed by atoms with Gasteiger partial charge in [0.1, 0.15) is 9.77 Å². The summed E-state index contributed by atoms with van der Waals surface area (Å²) < 4.78 is 34.0. The average molecular weight is 365 g/mol. The number of carbonyl (C=O) groups excluding carboxylic acids is 1. The third-order valence-corrected chi connectivity index (χ3v) is 6.12. The lowest BCUT2D eigenvalue weighted by Crippen LogP contribution is -2.12. The zero-order chi connectivity index (χ0) is 17.3. The van der Waals surface area contributed by atoms with E-state index >= 15 is 0 Å². The van der Waals surface area contributed by atoms with Gasteiger partial charge < -0.3 is 4.74 Å². The van der Waals surface area contributed by atoms with Crippen LogP contribution in [0.4, 0.5) is 5.69 Å². The molecule has 0 amide bonds. The molecule has 3 heterocycles. The minimum Gasteiger partial charge on any atom is -0.462 e. The van der Waals surface area contributed by atoms with Gasteiger partial charge in [0.2, 0.25) is 0 Å². The maximum Gasteiger partial charge on any atom is 0.341 e. The molecule has 0 aliphatic rings. The number of hydrogen-bond donors (Lipinski definition) is 1. The summed E-state index contributed by atoms with van der Waals surface area (Å²) in [6.07, 6.45) is 2.98. The Morgan fingerprint density at radius 3 is 2.83 bits per heavy atom. The van der Waals surface area contributed by atoms with Gasteiger partial charge in [0.25, 0.3) is 10.0 Å². The first-order chi connectivity index (χ1) is 11.4. The molecule has 0 aliphatic carbocycles. The van der Waals surface area contributed by atoms with Gasteiger partial charge in [-0.05, 0) is 38.1 Å². The number of rotatable bonds is 5. The van der Waals surface area contributed by atoms with Crippen molar-refractivity contribution < 1.29 is 17.9 Å². The van der Waals surface area contributed by atoms with Crippen LogP contribution in [-0.2, 0) is 14.8 Å². The number of pyridine rings is 1. The maximum atomic E-state index is 12.4. The summed E-state index contributed by atoms with van der Waals surface area (Å²) in [5.74, 6) is -0.499. The minimum absolute atomic E-state index is 0.235. The van der Waals surface area contributed by atoms with Gasteiger partial charge in [-0.1, -0.05) is 0 Å². The molecule has 0 saturated heterocycles. The fourth-order valence-corrected chi connectivity index (χ4v) is 4.50. The second-order valence-electron chi connectivity index (χ2n) is 4.99. The van der Waals surface area contributed by atoms with E-state index in [-0.39, 0.29) is 16.4 Å². The third-order valence-electron chi connectivity index (χ3n) is 3.25. The summed E-state index contributed by atoms with van der Waals surface area (Å²) in [7, 11) is -3.66. The molecule has 0 aromatic carbocycles. The molecule has 0 spiro atoms. The SMILES string of the molecule is CCOC(=O)c1cnn2ccc(NS(=O)(=O)c3ccc(C)s3)cc12. The fourth-order valence-electron chi connectivity index (χ4n) is 2.17. The van der Waals surface area contributed by atoms with Gasteiger partial charge >= 0.3 is 5.97 Å². The summed E-state index contributed by atoms with van der Waals surface area (Å²) in [5, 5.41) is 4.06. The Labute approximate surface area is 142 Å². The molecular formula is C15H15N3O4S2. The molecule has 0 atom stereocenters. The Bertz CT molecular complexity index is 1000. The van der Waals surface area contributed by atoms with Crippen molar-refractivity contribution in [3.8, 4) is 0 Å². The number of carbonyl (C=O) groups is 1. The highest BCUT2D eigenvalue weighted by Gasteiger charge is 2.18. The zero-order valence-corrected chi connectivity index (χ0v) is 14.6. The van der Waals surface area contributed by atoms with Crippen LogP contribution in [0.3, 0.4) is 0 Å². The molecule has 1 N–H and O–H groups in total. The Morgan fingerprint density at radius 1 is 1.38 bits per heavy atom. The van der Waals surface area contributed by atoms with E-state index in [1.54, 1.807) is 37.4 Å². The Hall–Kier alpha value is -2.39. The van der Waals surface area contributed by atoms with Gasteiger partial charge in [-0.25, -0.2) is 17.7 Å². The van der Waals surface area contributed by atoms with Gasteiger partial charge in [0.05, 0.1) is 24.0 Å². The van der Waals surface area contributed by atoms with Crippen LogP contribution in [0.5, 0.6) is 0 Å². The molecule has 0 unspecified atom stereocenters. The van der Waals surface area contributed by atoms with Crippen LogP contribution in [0.1, 0.15) is 22.2 Å². The third kappa shape index (κ3) is 3.13. The summed E-state index contributed by atoms with van der Waals surface area (Å²) in [5.41, 5.74) is 1.10. The van der Waals surface area contributed by atoms with E-state index in [4.69, 9.17) is 4.74 Å². The molecule has 3 aromatic heterocycles. The molecule has 7 nitrogen and oxygen atoms in total. The van der Waals surface area contributed by atoms with Crippen LogP contribution in [0.2, 0.25) is 0 Å². The number of aromatic nitrogens is 2. The molecule has 0 aliphatic heterocycles. The number of esters is 1. The van der Waals surface area contributed by atoms with Gasteiger partial charge in [0, 0.05) is 11.1 Å². The number of sulfonamides is 1. The van der Waals surface area contributed by atoms with Crippen LogP contribution in [-0.4, -0.2) is 30.6 Å². The van der Waals surface area contributed by atoms with E-state index in [1.165, 1.54) is 22.0 Å². The number of anilines is 1. The van der Waals surface area contributed by atoms with Gasteiger partial charge in [0.15, 0.2) is 0 Å². The Morgan fingerprint density at radius 2 is 2.17 bits per heavy atom. The summed E-state index contributed by atoms with van der Waals surface area (Å²) in [6, 6.07) is 6.44. The normalized spacial score (nSPS) is 11.6. The Balaban J connectivity index is 1.96. The van der Waals surface area contributed by atoms with Gasteiger partial charge in [-0.3, -0.25) is 4.72 Å². The Kier molecular flexibility index (Phi) is 4.29. The highest BCUT2D eigenvalue weighted by Crippen LogP contribution is 2.24. The largest absolute Gasteiger partial charge is 0.462 e. The van der Waals surface area contributed by atoms with Crippen molar-refractivity contribution in [2.45, 2.75) is 18.1 Å². The average Bonchev–Trinajstić information content (AvgIpc) is 3.13. The summed E-state index contributed by atoms with van der Waals surface area (Å²) >= 11 is 1.19. The molecule has 0 radical (unpaired) electrons. The van der Waals surface area contributed by atoms with Crippen molar-refractivity contribution in [1.29, 1.82) is 0 Å². The van der Waals surface area contributed by atoms with Crippen molar-refractivity contribution in [2.75, 3.05) is 11.3 Å². The van der Waals surface area contributed by atoms with Gasteiger partial charge in [-0.2, -0.15) is 5.10 Å². The summed E-state index contributed by atoms with van der Waals surface area (Å²) in [6.45, 7) is 3.81. The lowest BCUT2D eigenvalue weighted by atomic mass is 10.2. The number of fused-ring (bicyclic) bond motifs is 1. The number of thiophene rings is 1. The van der Waals surface area contributed by atoms with Crippen molar-refractivity contribution in [3.05, 3.63) is 47.1 Å². The molecule has 3 rings (SSSR count). The van der Waals surface area contributed by atoms with Crippen LogP contribution in [0, 0.1) is 6.92 Å². The van der Waals surface area contributed by atoms with Crippen molar-refractivity contribution in [2.24, 2.45) is 0 Å². The second kappa shape index (κ2) is 6.25. The van der Waals surface area contributed by atoms with Crippen LogP contribution in [0.15, 0.2) is 40.9 Å². The van der Waals surface area contributed by atoms with Crippen LogP contribution in [0.25, 0.3) is 5.52 Å². The molecule has 0 bridgehead atoms. The maximum absolute atomic E-state index is 12.4. The second-order valence-corrected chi connectivity index (χ2v) is 8.19. The van der Waals surface area contributed by atoms with E-state index in [0.717, 1.165) is 4.88 Å².